The maximum Gasteiger partial charge on any atom is 0.130 e. The number of rotatable bonds is 4. The third-order valence-corrected chi connectivity index (χ3v) is 4.08. The van der Waals surface area contributed by atoms with Gasteiger partial charge in [0.25, 0.3) is 0 Å². The van der Waals surface area contributed by atoms with Gasteiger partial charge in [0.05, 0.1) is 12.2 Å². The van der Waals surface area contributed by atoms with Crippen LogP contribution in [-0.4, -0.2) is 9.78 Å². The van der Waals surface area contributed by atoms with Crippen LogP contribution < -0.4 is 0 Å². The van der Waals surface area contributed by atoms with Gasteiger partial charge in [0, 0.05) is 22.3 Å². The van der Waals surface area contributed by atoms with E-state index in [0.29, 0.717) is 28.4 Å². The molecule has 126 valence electrons. The number of allylic oxidation sites excluding steroid dienone is 1. The summed E-state index contributed by atoms with van der Waals surface area (Å²) in [6.45, 7) is 0.335. The highest BCUT2D eigenvalue weighted by molar-refractivity contribution is 6.31. The monoisotopic (exact) mass is 362 g/mol. The summed E-state index contributed by atoms with van der Waals surface area (Å²) in [7, 11) is 0. The molecule has 0 fully saturated rings. The van der Waals surface area contributed by atoms with Gasteiger partial charge in [-0.2, -0.15) is 15.6 Å². The number of nitriles is 2. The Labute approximate surface area is 155 Å². The van der Waals surface area contributed by atoms with Crippen LogP contribution in [0.15, 0.2) is 60.3 Å². The average molecular weight is 363 g/mol. The lowest BCUT2D eigenvalue weighted by molar-refractivity contribution is 0.624. The Balaban J connectivity index is 2.05. The van der Waals surface area contributed by atoms with Crippen molar-refractivity contribution in [2.24, 2.45) is 0 Å². The molecule has 0 aliphatic heterocycles. The molecular formula is C20H12ClFN4. The molecule has 0 amide bonds. The lowest BCUT2D eigenvalue weighted by atomic mass is 10.1. The van der Waals surface area contributed by atoms with Gasteiger partial charge in [-0.3, -0.25) is 4.68 Å². The SMILES string of the molecule is N#CC(C#N)=Cc1cn(Cc2ccc(F)cc2Cl)nc1-c1ccccc1. The van der Waals surface area contributed by atoms with Crippen LogP contribution in [0.2, 0.25) is 5.02 Å². The van der Waals surface area contributed by atoms with E-state index in [2.05, 4.69) is 5.10 Å². The van der Waals surface area contributed by atoms with Crippen LogP contribution in [0.5, 0.6) is 0 Å². The largest absolute Gasteiger partial charge is 0.267 e. The van der Waals surface area contributed by atoms with Crippen molar-refractivity contribution in [1.29, 1.82) is 10.5 Å². The molecule has 0 bridgehead atoms. The van der Waals surface area contributed by atoms with E-state index in [1.54, 1.807) is 16.9 Å². The molecule has 2 aromatic carbocycles. The fourth-order valence-electron chi connectivity index (χ4n) is 2.51. The molecule has 0 spiro atoms. The molecule has 0 atom stereocenters. The van der Waals surface area contributed by atoms with Gasteiger partial charge in [-0.15, -0.1) is 0 Å². The van der Waals surface area contributed by atoms with E-state index in [4.69, 9.17) is 22.1 Å². The molecular weight excluding hydrogens is 351 g/mol. The normalized spacial score (nSPS) is 10.0. The second-order valence-electron chi connectivity index (χ2n) is 5.51. The summed E-state index contributed by atoms with van der Waals surface area (Å²) in [5.41, 5.74) is 2.85. The topological polar surface area (TPSA) is 65.4 Å². The van der Waals surface area contributed by atoms with Gasteiger partial charge in [-0.1, -0.05) is 48.0 Å². The van der Waals surface area contributed by atoms with Crippen LogP contribution >= 0.6 is 11.6 Å². The molecule has 4 nitrogen and oxygen atoms in total. The molecule has 1 aromatic heterocycles. The van der Waals surface area contributed by atoms with Crippen molar-refractivity contribution >= 4 is 17.7 Å². The fourth-order valence-corrected chi connectivity index (χ4v) is 2.74. The number of benzene rings is 2. The number of hydrogen-bond donors (Lipinski definition) is 0. The third-order valence-electron chi connectivity index (χ3n) is 3.73. The minimum atomic E-state index is -0.402. The number of nitrogens with zero attached hydrogens (tertiary/aromatic N) is 4. The number of halogens is 2. The van der Waals surface area contributed by atoms with E-state index in [0.717, 1.165) is 5.56 Å². The molecule has 0 unspecified atom stereocenters. The van der Waals surface area contributed by atoms with Crippen LogP contribution in [0.1, 0.15) is 11.1 Å². The Hall–Kier alpha value is -3.41. The van der Waals surface area contributed by atoms with Crippen LogP contribution in [0, 0.1) is 28.5 Å². The van der Waals surface area contributed by atoms with Crippen molar-refractivity contribution in [3.05, 3.63) is 82.3 Å². The lowest BCUT2D eigenvalue weighted by Gasteiger charge is -2.04. The van der Waals surface area contributed by atoms with Gasteiger partial charge in [0.1, 0.15) is 23.5 Å². The molecule has 6 heteroatoms. The zero-order valence-electron chi connectivity index (χ0n) is 13.5. The van der Waals surface area contributed by atoms with E-state index < -0.39 is 5.82 Å². The van der Waals surface area contributed by atoms with E-state index in [1.807, 2.05) is 42.5 Å². The quantitative estimate of drug-likeness (QED) is 0.625. The molecule has 3 rings (SSSR count). The maximum atomic E-state index is 13.2. The van der Waals surface area contributed by atoms with Crippen LogP contribution in [0.3, 0.4) is 0 Å². The van der Waals surface area contributed by atoms with Gasteiger partial charge in [0.15, 0.2) is 0 Å². The molecule has 0 aliphatic rings. The molecule has 26 heavy (non-hydrogen) atoms. The zero-order valence-corrected chi connectivity index (χ0v) is 14.3. The maximum absolute atomic E-state index is 13.2. The van der Waals surface area contributed by atoms with Crippen molar-refractivity contribution in [2.45, 2.75) is 6.54 Å². The molecule has 0 radical (unpaired) electrons. The van der Waals surface area contributed by atoms with Gasteiger partial charge in [-0.25, -0.2) is 4.39 Å². The predicted octanol–water partition coefficient (Wildman–Crippen LogP) is 4.82. The van der Waals surface area contributed by atoms with E-state index >= 15 is 0 Å². The van der Waals surface area contributed by atoms with Gasteiger partial charge in [-0.05, 0) is 23.8 Å². The zero-order chi connectivity index (χ0) is 18.5. The summed E-state index contributed by atoms with van der Waals surface area (Å²) in [4.78, 5) is 0. The molecule has 0 saturated carbocycles. The van der Waals surface area contributed by atoms with Crippen LogP contribution in [0.4, 0.5) is 4.39 Å². The smallest absolute Gasteiger partial charge is 0.130 e. The van der Waals surface area contributed by atoms with Crippen molar-refractivity contribution < 1.29 is 4.39 Å². The molecule has 0 saturated heterocycles. The minimum absolute atomic E-state index is 0.0125. The van der Waals surface area contributed by atoms with Crippen molar-refractivity contribution in [3.8, 4) is 23.4 Å². The third kappa shape index (κ3) is 3.80. The summed E-state index contributed by atoms with van der Waals surface area (Å²) in [6, 6.07) is 17.4. The van der Waals surface area contributed by atoms with Gasteiger partial charge < -0.3 is 0 Å². The molecule has 1 heterocycles. The van der Waals surface area contributed by atoms with Crippen molar-refractivity contribution in [3.63, 3.8) is 0 Å². The summed E-state index contributed by atoms with van der Waals surface area (Å²) < 4.78 is 14.9. The highest BCUT2D eigenvalue weighted by atomic mass is 35.5. The summed E-state index contributed by atoms with van der Waals surface area (Å²) in [6.07, 6.45) is 3.23. The highest BCUT2D eigenvalue weighted by Crippen LogP contribution is 2.25. The summed E-state index contributed by atoms with van der Waals surface area (Å²) in [5.74, 6) is -0.402. The fraction of sp³-hybridized carbons (Fsp3) is 0.0500. The Morgan fingerprint density at radius 3 is 2.54 bits per heavy atom. The lowest BCUT2D eigenvalue weighted by Crippen LogP contribution is -2.01. The minimum Gasteiger partial charge on any atom is -0.267 e. The predicted molar refractivity (Wildman–Crippen MR) is 97.4 cm³/mol. The van der Waals surface area contributed by atoms with E-state index in [-0.39, 0.29) is 5.57 Å². The Bertz CT molecular complexity index is 1040. The van der Waals surface area contributed by atoms with Crippen molar-refractivity contribution in [1.82, 2.24) is 9.78 Å². The molecule has 0 N–H and O–H groups in total. The Morgan fingerprint density at radius 2 is 1.88 bits per heavy atom. The summed E-state index contributed by atoms with van der Waals surface area (Å²) >= 11 is 6.09. The summed E-state index contributed by atoms with van der Waals surface area (Å²) in [5, 5.41) is 22.9. The van der Waals surface area contributed by atoms with Gasteiger partial charge in [0.2, 0.25) is 0 Å². The van der Waals surface area contributed by atoms with Crippen LogP contribution in [-0.2, 0) is 6.54 Å². The first-order chi connectivity index (χ1) is 12.6. The van der Waals surface area contributed by atoms with Crippen LogP contribution in [0.25, 0.3) is 17.3 Å². The molecule has 0 aliphatic carbocycles. The van der Waals surface area contributed by atoms with E-state index in [1.165, 1.54) is 18.2 Å². The Kier molecular flexibility index (Phi) is 5.12. The first-order valence-electron chi connectivity index (χ1n) is 7.69. The highest BCUT2D eigenvalue weighted by Gasteiger charge is 2.12. The Morgan fingerprint density at radius 1 is 1.15 bits per heavy atom. The second-order valence-corrected chi connectivity index (χ2v) is 5.92. The van der Waals surface area contributed by atoms with E-state index in [9.17, 15) is 4.39 Å². The first-order valence-corrected chi connectivity index (χ1v) is 8.07. The average Bonchev–Trinajstić information content (AvgIpc) is 3.05. The van der Waals surface area contributed by atoms with Crippen molar-refractivity contribution in [2.75, 3.05) is 0 Å². The molecule has 3 aromatic rings. The standard InChI is InChI=1S/C20H12ClFN4/c21-19-9-18(22)7-6-16(19)12-26-13-17(8-14(10-23)11-24)20(25-26)15-4-2-1-3-5-15/h1-9,13H,12H2. The first kappa shape index (κ1) is 17.4. The number of hydrogen-bond acceptors (Lipinski definition) is 3. The number of aromatic nitrogens is 2. The van der Waals surface area contributed by atoms with Gasteiger partial charge >= 0.3 is 0 Å². The second kappa shape index (κ2) is 7.65.